The van der Waals surface area contributed by atoms with Crippen LogP contribution in [0, 0.1) is 29.7 Å². The molecule has 0 aliphatic rings. The fourth-order valence-electron chi connectivity index (χ4n) is 0. The summed E-state index contributed by atoms with van der Waals surface area (Å²) in [5, 5.41) is 32.2. The van der Waals surface area contributed by atoms with Crippen molar-refractivity contribution < 1.29 is 42.8 Å². The molecule has 0 aromatic carbocycles. The van der Waals surface area contributed by atoms with Crippen LogP contribution in [0.4, 0.5) is 0 Å². The number of hydrogen-bond acceptors (Lipinski definition) is 4. The second kappa shape index (κ2) is 49.9. The van der Waals surface area contributed by atoms with Crippen molar-refractivity contribution in [1.29, 1.82) is 0 Å². The van der Waals surface area contributed by atoms with E-state index in [0.29, 0.717) is 0 Å². The van der Waals surface area contributed by atoms with Gasteiger partial charge in [0.1, 0.15) is 0 Å². The van der Waals surface area contributed by atoms with Gasteiger partial charge in [-0.1, -0.05) is 0 Å². The Hall–Kier alpha value is 0.580. The maximum absolute atomic E-state index is 8.06. The van der Waals surface area contributed by atoms with Gasteiger partial charge in [0.25, 0.3) is 0 Å². The minimum atomic E-state index is -0.167. The van der Waals surface area contributed by atoms with Crippen LogP contribution in [0.15, 0.2) is 0 Å². The fraction of sp³-hybridized carbons (Fsp3) is 0.750. The molecule has 4 N–H and O–H groups in total. The first-order valence-corrected chi connectivity index (χ1v) is 5.65. The minimum absolute atomic E-state index is 0. The Morgan fingerprint density at radius 3 is 0.381 bits per heavy atom. The Morgan fingerprint density at radius 1 is 0.381 bits per heavy atom. The van der Waals surface area contributed by atoms with E-state index in [1.54, 1.807) is 55.4 Å². The molecule has 0 aliphatic heterocycles. The zero-order chi connectivity index (χ0) is 14.3. The van der Waals surface area contributed by atoms with Crippen molar-refractivity contribution in [3.63, 3.8) is 0 Å². The van der Waals surface area contributed by atoms with Crippen LogP contribution >= 0.6 is 0 Å². The predicted octanol–water partition coefficient (Wildman–Crippen LogP) is 3.35. The van der Waals surface area contributed by atoms with Gasteiger partial charge in [-0.15, -0.1) is 0 Å². The van der Waals surface area contributed by atoms with Gasteiger partial charge in [-0.3, -0.25) is 0 Å². The molecule has 0 bridgehead atoms. The third-order valence-electron chi connectivity index (χ3n) is 0. The molecule has 0 saturated carbocycles. The van der Waals surface area contributed by atoms with Crippen LogP contribution in [0.1, 0.15) is 55.4 Å². The quantitative estimate of drug-likeness (QED) is 0.400. The average molecular weight is 481 g/mol. The van der Waals surface area contributed by atoms with E-state index in [4.69, 9.17) is 20.4 Å². The maximum Gasteiger partial charge on any atom is 0.0483 e. The summed E-state index contributed by atoms with van der Waals surface area (Å²) in [5.41, 5.74) is 0. The van der Waals surface area contributed by atoms with Gasteiger partial charge in [0.2, 0.25) is 0 Å². The Morgan fingerprint density at radius 2 is 0.381 bits per heavy atom. The number of hydrogen-bond donors (Lipinski definition) is 4. The summed E-state index contributed by atoms with van der Waals surface area (Å²) in [6, 6.07) is 0. The maximum atomic E-state index is 8.06. The van der Waals surface area contributed by atoms with Gasteiger partial charge in [-0.05, 0) is 55.4 Å². The van der Waals surface area contributed by atoms with Crippen molar-refractivity contribution in [2.45, 2.75) is 79.8 Å². The Kier molecular flexibility index (Phi) is 137. The Bertz CT molecular complexity index is 63.3. The number of aliphatic hydroxyl groups is 4. The molecule has 0 heterocycles. The van der Waals surface area contributed by atoms with Crippen LogP contribution in [-0.4, -0.2) is 44.8 Å². The first-order valence-electron chi connectivity index (χ1n) is 5.65. The van der Waals surface area contributed by atoms with Crippen LogP contribution in [0.25, 0.3) is 0 Å². The summed E-state index contributed by atoms with van der Waals surface area (Å²) in [4.78, 5) is 0. The average Bonchev–Trinajstić information content (AvgIpc) is 1.76. The fourth-order valence-corrected chi connectivity index (χ4v) is 0. The molecule has 141 valence electrons. The molecular formula is C16H44O4Ta-4. The molecule has 0 fully saturated rings. The first kappa shape index (κ1) is 57.8. The van der Waals surface area contributed by atoms with Crippen molar-refractivity contribution >= 4 is 0 Å². The normalized spacial score (nSPS) is 6.86. The molecule has 0 unspecified atom stereocenters. The Balaban J connectivity index is -0.0000000121. The van der Waals surface area contributed by atoms with Gasteiger partial charge in [0.15, 0.2) is 0 Å². The molecule has 0 aromatic heterocycles. The zero-order valence-electron chi connectivity index (χ0n) is 16.5. The van der Waals surface area contributed by atoms with Crippen LogP contribution < -0.4 is 0 Å². The van der Waals surface area contributed by atoms with Gasteiger partial charge in [0.05, 0.1) is 0 Å². The predicted molar refractivity (Wildman–Crippen MR) is 95.1 cm³/mol. The third kappa shape index (κ3) is 21100. The van der Waals surface area contributed by atoms with E-state index in [0.717, 1.165) is 0 Å². The zero-order valence-corrected chi connectivity index (χ0v) is 19.8. The number of rotatable bonds is 0. The largest absolute Gasteiger partial charge is 0.394 e. The van der Waals surface area contributed by atoms with E-state index < -0.39 is 0 Å². The molecule has 1 radical (unpaired) electrons. The van der Waals surface area contributed by atoms with Gasteiger partial charge in [0, 0.05) is 46.8 Å². The van der Waals surface area contributed by atoms with Crippen LogP contribution in [-0.2, 0) is 22.4 Å². The monoisotopic (exact) mass is 481 g/mol. The summed E-state index contributed by atoms with van der Waals surface area (Å²) >= 11 is 0. The summed E-state index contributed by atoms with van der Waals surface area (Å²) in [5.74, 6) is 0. The van der Waals surface area contributed by atoms with Crippen molar-refractivity contribution in [3.05, 3.63) is 29.7 Å². The van der Waals surface area contributed by atoms with E-state index in [1.165, 1.54) is 0 Å². The van der Waals surface area contributed by atoms with E-state index in [9.17, 15) is 0 Å². The van der Waals surface area contributed by atoms with E-state index in [1.807, 2.05) is 0 Å². The molecule has 5 heteroatoms. The molecule has 4 nitrogen and oxygen atoms in total. The molecule has 0 aliphatic carbocycles. The number of aliphatic hydroxyl groups excluding tert-OH is 4. The summed E-state index contributed by atoms with van der Waals surface area (Å²) in [6.07, 6.45) is -0.667. The first-order chi connectivity index (χ1) is 6.93. The molecule has 0 spiro atoms. The van der Waals surface area contributed by atoms with E-state index in [2.05, 4.69) is 0 Å². The van der Waals surface area contributed by atoms with Crippen molar-refractivity contribution in [2.75, 3.05) is 0 Å². The van der Waals surface area contributed by atoms with Gasteiger partial charge < -0.3 is 50.1 Å². The third-order valence-corrected chi connectivity index (χ3v) is 0. The Labute approximate surface area is 152 Å². The second-order valence-electron chi connectivity index (χ2n) is 4.37. The molecular weight excluding hydrogens is 437 g/mol. The standard InChI is InChI=1S/4C3H8O.4CH3.Ta/c4*1-3(2)4;;;;;/h4*3-4H,1-2H3;4*1H3;/q;;;;4*-1;. The topological polar surface area (TPSA) is 80.9 Å². The van der Waals surface area contributed by atoms with Crippen LogP contribution in [0.3, 0.4) is 0 Å². The van der Waals surface area contributed by atoms with Gasteiger partial charge >= 0.3 is 0 Å². The summed E-state index contributed by atoms with van der Waals surface area (Å²) < 4.78 is 0. The molecule has 0 atom stereocenters. The molecule has 0 aromatic rings. The van der Waals surface area contributed by atoms with Crippen molar-refractivity contribution in [3.8, 4) is 0 Å². The SMILES string of the molecule is CC(C)O.CC(C)O.CC(C)O.CC(C)O.[CH3-].[CH3-].[CH3-].[CH3-].[Ta]. The van der Waals surface area contributed by atoms with E-state index in [-0.39, 0.29) is 76.5 Å². The van der Waals surface area contributed by atoms with Gasteiger partial charge in [-0.25, -0.2) is 0 Å². The van der Waals surface area contributed by atoms with Crippen LogP contribution in [0.5, 0.6) is 0 Å². The molecule has 21 heavy (non-hydrogen) atoms. The smallest absolute Gasteiger partial charge is 0.0483 e. The van der Waals surface area contributed by atoms with Crippen LogP contribution in [0.2, 0.25) is 0 Å². The summed E-state index contributed by atoms with van der Waals surface area (Å²) in [6.45, 7) is 13.8. The van der Waals surface area contributed by atoms with Crippen molar-refractivity contribution in [2.24, 2.45) is 0 Å². The van der Waals surface area contributed by atoms with E-state index >= 15 is 0 Å². The molecule has 0 amide bonds. The minimum Gasteiger partial charge on any atom is -0.394 e. The molecule has 0 saturated heterocycles. The van der Waals surface area contributed by atoms with Crippen molar-refractivity contribution in [1.82, 2.24) is 0 Å². The molecule has 0 rings (SSSR count). The van der Waals surface area contributed by atoms with Gasteiger partial charge in [-0.2, -0.15) is 0 Å². The second-order valence-corrected chi connectivity index (χ2v) is 4.37. The summed E-state index contributed by atoms with van der Waals surface area (Å²) in [7, 11) is 0.